The molecule has 0 aromatic carbocycles. The Balaban J connectivity index is 2.45. The third-order valence-corrected chi connectivity index (χ3v) is 1.24. The molecule has 0 spiro atoms. The Bertz CT molecular complexity index is 255. The van der Waals surface area contributed by atoms with E-state index in [0.29, 0.717) is 6.54 Å². The van der Waals surface area contributed by atoms with Gasteiger partial charge in [-0.15, -0.1) is 0 Å². The Hall–Kier alpha value is -1.17. The first kappa shape index (κ1) is 7.93. The standard InChI is InChI=1S/C5H9N5S/c1-10-8-3-4(9-10)2-7-5(6)11/h3H,2H2,1H3,(H3,6,7,11). The molecule has 1 aromatic rings. The van der Waals surface area contributed by atoms with E-state index in [4.69, 9.17) is 5.73 Å². The second-order valence-corrected chi connectivity index (χ2v) is 2.48. The lowest BCUT2D eigenvalue weighted by Crippen LogP contribution is -2.28. The molecule has 1 aromatic heterocycles. The van der Waals surface area contributed by atoms with Crippen molar-refractivity contribution in [3.05, 3.63) is 11.9 Å². The van der Waals surface area contributed by atoms with Crippen LogP contribution in [0.5, 0.6) is 0 Å². The van der Waals surface area contributed by atoms with Crippen molar-refractivity contribution in [2.24, 2.45) is 12.8 Å². The van der Waals surface area contributed by atoms with Gasteiger partial charge in [-0.2, -0.15) is 15.0 Å². The Labute approximate surface area is 69.6 Å². The lowest BCUT2D eigenvalue weighted by Gasteiger charge is -1.97. The van der Waals surface area contributed by atoms with Crippen LogP contribution in [0.15, 0.2) is 6.20 Å². The van der Waals surface area contributed by atoms with E-state index in [-0.39, 0.29) is 5.11 Å². The number of aromatic nitrogens is 3. The van der Waals surface area contributed by atoms with Crippen molar-refractivity contribution in [3.63, 3.8) is 0 Å². The zero-order chi connectivity index (χ0) is 8.27. The van der Waals surface area contributed by atoms with Gasteiger partial charge in [0.05, 0.1) is 12.7 Å². The molecule has 60 valence electrons. The van der Waals surface area contributed by atoms with Gasteiger partial charge in [-0.1, -0.05) is 0 Å². The molecule has 0 aliphatic rings. The van der Waals surface area contributed by atoms with Gasteiger partial charge in [0.2, 0.25) is 0 Å². The van der Waals surface area contributed by atoms with Gasteiger partial charge < -0.3 is 11.1 Å². The molecule has 3 N–H and O–H groups in total. The van der Waals surface area contributed by atoms with Crippen LogP contribution < -0.4 is 11.1 Å². The molecule has 0 aliphatic heterocycles. The van der Waals surface area contributed by atoms with Crippen molar-refractivity contribution in [1.82, 2.24) is 20.3 Å². The first-order chi connectivity index (χ1) is 5.18. The molecule has 0 fully saturated rings. The fourth-order valence-electron chi connectivity index (χ4n) is 0.646. The van der Waals surface area contributed by atoms with Gasteiger partial charge in [0.15, 0.2) is 5.11 Å². The van der Waals surface area contributed by atoms with Crippen LogP contribution in [0.2, 0.25) is 0 Å². The van der Waals surface area contributed by atoms with Crippen LogP contribution in [-0.4, -0.2) is 20.1 Å². The van der Waals surface area contributed by atoms with E-state index >= 15 is 0 Å². The lowest BCUT2D eigenvalue weighted by atomic mass is 10.5. The first-order valence-electron chi connectivity index (χ1n) is 3.07. The van der Waals surface area contributed by atoms with Crippen molar-refractivity contribution >= 4 is 17.3 Å². The van der Waals surface area contributed by atoms with Gasteiger partial charge >= 0.3 is 0 Å². The number of aryl methyl sites for hydroxylation is 1. The minimum atomic E-state index is 0.274. The van der Waals surface area contributed by atoms with Crippen LogP contribution in [0, 0.1) is 0 Å². The minimum absolute atomic E-state index is 0.274. The Morgan fingerprint density at radius 1 is 1.91 bits per heavy atom. The van der Waals surface area contributed by atoms with Crippen LogP contribution in [0.4, 0.5) is 0 Å². The number of hydrogen-bond donors (Lipinski definition) is 2. The van der Waals surface area contributed by atoms with E-state index in [1.807, 2.05) is 0 Å². The number of rotatable bonds is 2. The quantitative estimate of drug-likeness (QED) is 0.567. The van der Waals surface area contributed by atoms with Crippen molar-refractivity contribution in [1.29, 1.82) is 0 Å². The van der Waals surface area contributed by atoms with Crippen LogP contribution in [0.3, 0.4) is 0 Å². The van der Waals surface area contributed by atoms with E-state index < -0.39 is 0 Å². The molecule has 0 saturated heterocycles. The molecule has 0 atom stereocenters. The largest absolute Gasteiger partial charge is 0.376 e. The molecular weight excluding hydrogens is 162 g/mol. The lowest BCUT2D eigenvalue weighted by molar-refractivity contribution is 0.642. The molecule has 1 heterocycles. The molecule has 0 bridgehead atoms. The first-order valence-corrected chi connectivity index (χ1v) is 3.48. The van der Waals surface area contributed by atoms with Gasteiger partial charge in [0.1, 0.15) is 5.69 Å². The number of nitrogens with zero attached hydrogens (tertiary/aromatic N) is 3. The Kier molecular flexibility index (Phi) is 2.37. The van der Waals surface area contributed by atoms with Gasteiger partial charge in [-0.05, 0) is 12.2 Å². The number of thiocarbonyl (C=S) groups is 1. The highest BCUT2D eigenvalue weighted by Crippen LogP contribution is 1.87. The fraction of sp³-hybridized carbons (Fsp3) is 0.400. The molecule has 0 amide bonds. The van der Waals surface area contributed by atoms with Crippen molar-refractivity contribution < 1.29 is 0 Å². The maximum absolute atomic E-state index is 5.21. The summed E-state index contributed by atoms with van der Waals surface area (Å²) in [6.45, 7) is 0.531. The molecule has 6 heteroatoms. The third kappa shape index (κ3) is 2.50. The van der Waals surface area contributed by atoms with Crippen LogP contribution in [-0.2, 0) is 13.6 Å². The second kappa shape index (κ2) is 3.29. The molecule has 1 rings (SSSR count). The summed E-state index contributed by atoms with van der Waals surface area (Å²) in [5, 5.41) is 10.9. The highest BCUT2D eigenvalue weighted by molar-refractivity contribution is 7.80. The topological polar surface area (TPSA) is 68.8 Å². The maximum Gasteiger partial charge on any atom is 0.163 e. The van der Waals surface area contributed by atoms with Gasteiger partial charge in [0.25, 0.3) is 0 Å². The average Bonchev–Trinajstić information content (AvgIpc) is 2.31. The SMILES string of the molecule is Cn1ncc(CNC(N)=S)n1. The van der Waals surface area contributed by atoms with Crippen LogP contribution in [0.25, 0.3) is 0 Å². The van der Waals surface area contributed by atoms with E-state index in [1.54, 1.807) is 13.2 Å². The van der Waals surface area contributed by atoms with Crippen LogP contribution in [0.1, 0.15) is 5.69 Å². The normalized spacial score (nSPS) is 9.55. The number of nitrogens with two attached hydrogens (primary N) is 1. The van der Waals surface area contributed by atoms with E-state index in [0.717, 1.165) is 5.69 Å². The summed E-state index contributed by atoms with van der Waals surface area (Å²) in [6, 6.07) is 0. The zero-order valence-corrected chi connectivity index (χ0v) is 6.93. The van der Waals surface area contributed by atoms with Gasteiger partial charge in [0, 0.05) is 7.05 Å². The average molecular weight is 171 g/mol. The molecular formula is C5H9N5S. The summed E-state index contributed by atoms with van der Waals surface area (Å²) in [4.78, 5) is 1.48. The Morgan fingerprint density at radius 3 is 3.09 bits per heavy atom. The van der Waals surface area contributed by atoms with Gasteiger partial charge in [-0.25, -0.2) is 0 Å². The number of hydrogen-bond acceptors (Lipinski definition) is 3. The molecule has 5 nitrogen and oxygen atoms in total. The van der Waals surface area contributed by atoms with E-state index in [1.165, 1.54) is 4.80 Å². The number of nitrogens with one attached hydrogen (secondary N) is 1. The highest BCUT2D eigenvalue weighted by Gasteiger charge is 1.96. The summed E-state index contributed by atoms with van der Waals surface area (Å²) in [5.41, 5.74) is 6.03. The van der Waals surface area contributed by atoms with E-state index in [2.05, 4.69) is 27.7 Å². The van der Waals surface area contributed by atoms with E-state index in [9.17, 15) is 0 Å². The van der Waals surface area contributed by atoms with Crippen molar-refractivity contribution in [2.75, 3.05) is 0 Å². The Morgan fingerprint density at radius 2 is 2.64 bits per heavy atom. The minimum Gasteiger partial charge on any atom is -0.376 e. The molecule has 0 unspecified atom stereocenters. The highest BCUT2D eigenvalue weighted by atomic mass is 32.1. The summed E-state index contributed by atoms with van der Waals surface area (Å²) in [5.74, 6) is 0. The van der Waals surface area contributed by atoms with Gasteiger partial charge in [-0.3, -0.25) is 0 Å². The van der Waals surface area contributed by atoms with Crippen LogP contribution >= 0.6 is 12.2 Å². The third-order valence-electron chi connectivity index (χ3n) is 1.09. The molecule has 0 aliphatic carbocycles. The zero-order valence-electron chi connectivity index (χ0n) is 6.11. The summed E-state index contributed by atoms with van der Waals surface area (Å²) in [6.07, 6.45) is 1.66. The summed E-state index contributed by atoms with van der Waals surface area (Å²) >= 11 is 4.61. The smallest absolute Gasteiger partial charge is 0.163 e. The summed E-state index contributed by atoms with van der Waals surface area (Å²) < 4.78 is 0. The van der Waals surface area contributed by atoms with Crippen molar-refractivity contribution in [2.45, 2.75) is 6.54 Å². The molecule has 0 radical (unpaired) electrons. The maximum atomic E-state index is 5.21. The second-order valence-electron chi connectivity index (χ2n) is 2.04. The predicted octanol–water partition coefficient (Wildman–Crippen LogP) is -0.852. The van der Waals surface area contributed by atoms with Crippen molar-refractivity contribution in [3.8, 4) is 0 Å². The molecule has 11 heavy (non-hydrogen) atoms. The summed E-state index contributed by atoms with van der Waals surface area (Å²) in [7, 11) is 1.75. The monoisotopic (exact) mass is 171 g/mol. The fourth-order valence-corrected chi connectivity index (χ4v) is 0.719. The predicted molar refractivity (Wildman–Crippen MR) is 44.6 cm³/mol. The molecule has 0 saturated carbocycles.